The summed E-state index contributed by atoms with van der Waals surface area (Å²) in [6.45, 7) is 6.29. The Labute approximate surface area is 101 Å². The first-order chi connectivity index (χ1) is 7.75. The normalized spacial score (nSPS) is 38.2. The summed E-state index contributed by atoms with van der Waals surface area (Å²) in [5.41, 5.74) is 6.24. The van der Waals surface area contributed by atoms with Crippen molar-refractivity contribution in [2.24, 2.45) is 17.6 Å². The summed E-state index contributed by atoms with van der Waals surface area (Å²) in [5, 5.41) is 0. The molecule has 1 heterocycles. The molecule has 0 bridgehead atoms. The lowest BCUT2D eigenvalue weighted by Gasteiger charge is -2.33. The third kappa shape index (κ3) is 3.46. The average molecular weight is 224 g/mol. The molecular formula is C14H28N2. The van der Waals surface area contributed by atoms with Gasteiger partial charge in [-0.1, -0.05) is 19.8 Å². The fraction of sp³-hybridized carbons (Fsp3) is 1.00. The highest BCUT2D eigenvalue weighted by Gasteiger charge is 2.24. The maximum atomic E-state index is 6.24. The van der Waals surface area contributed by atoms with Gasteiger partial charge in [-0.25, -0.2) is 0 Å². The number of nitrogens with zero attached hydrogens (tertiary/aromatic N) is 1. The molecule has 2 heteroatoms. The van der Waals surface area contributed by atoms with E-state index in [4.69, 9.17) is 5.73 Å². The Morgan fingerprint density at radius 3 is 2.62 bits per heavy atom. The first-order valence-corrected chi connectivity index (χ1v) is 7.23. The predicted octanol–water partition coefficient (Wildman–Crippen LogP) is 2.63. The van der Waals surface area contributed by atoms with Gasteiger partial charge in [-0.2, -0.15) is 0 Å². The largest absolute Gasteiger partial charge is 0.327 e. The summed E-state index contributed by atoms with van der Waals surface area (Å²) in [5.74, 6) is 1.71. The number of hydrogen-bond donors (Lipinski definition) is 1. The molecule has 1 aliphatic carbocycles. The van der Waals surface area contributed by atoms with Crippen molar-refractivity contribution in [3.05, 3.63) is 0 Å². The Kier molecular flexibility index (Phi) is 4.66. The summed E-state index contributed by atoms with van der Waals surface area (Å²) in [4.78, 5) is 2.68. The Bertz CT molecular complexity index is 205. The van der Waals surface area contributed by atoms with Gasteiger partial charge in [0.2, 0.25) is 0 Å². The lowest BCUT2D eigenvalue weighted by Crippen LogP contribution is -2.41. The van der Waals surface area contributed by atoms with Crippen LogP contribution in [0.3, 0.4) is 0 Å². The molecule has 1 saturated carbocycles. The van der Waals surface area contributed by atoms with E-state index in [9.17, 15) is 0 Å². The van der Waals surface area contributed by atoms with Crippen LogP contribution in [-0.4, -0.2) is 30.6 Å². The fourth-order valence-corrected chi connectivity index (χ4v) is 3.30. The van der Waals surface area contributed by atoms with Crippen molar-refractivity contribution in [1.29, 1.82) is 0 Å². The lowest BCUT2D eigenvalue weighted by atomic mass is 9.84. The van der Waals surface area contributed by atoms with Gasteiger partial charge >= 0.3 is 0 Å². The van der Waals surface area contributed by atoms with E-state index in [2.05, 4.69) is 11.8 Å². The summed E-state index contributed by atoms with van der Waals surface area (Å²) < 4.78 is 0. The highest BCUT2D eigenvalue weighted by atomic mass is 15.1. The van der Waals surface area contributed by atoms with Crippen molar-refractivity contribution in [2.75, 3.05) is 19.6 Å². The monoisotopic (exact) mass is 224 g/mol. The molecule has 0 aromatic heterocycles. The van der Waals surface area contributed by atoms with Crippen molar-refractivity contribution in [3.8, 4) is 0 Å². The number of rotatable bonds is 2. The molecule has 0 radical (unpaired) electrons. The highest BCUT2D eigenvalue weighted by Crippen LogP contribution is 2.25. The van der Waals surface area contributed by atoms with Crippen molar-refractivity contribution in [1.82, 2.24) is 4.90 Å². The van der Waals surface area contributed by atoms with Crippen molar-refractivity contribution in [3.63, 3.8) is 0 Å². The second kappa shape index (κ2) is 6.02. The molecule has 0 aromatic carbocycles. The zero-order chi connectivity index (χ0) is 11.4. The molecular weight excluding hydrogens is 196 g/mol. The molecule has 0 aromatic rings. The van der Waals surface area contributed by atoms with Crippen LogP contribution in [0.5, 0.6) is 0 Å². The van der Waals surface area contributed by atoms with E-state index in [1.54, 1.807) is 0 Å². The van der Waals surface area contributed by atoms with Crippen LogP contribution in [-0.2, 0) is 0 Å². The first-order valence-electron chi connectivity index (χ1n) is 7.23. The molecule has 2 rings (SSSR count). The SMILES string of the molecule is CC1CCCN(CC2CCCCC2N)CC1. The molecule has 1 aliphatic heterocycles. The second-order valence-corrected chi connectivity index (χ2v) is 6.05. The third-order valence-electron chi connectivity index (χ3n) is 4.57. The molecule has 3 unspecified atom stereocenters. The van der Waals surface area contributed by atoms with Gasteiger partial charge in [0.1, 0.15) is 0 Å². The van der Waals surface area contributed by atoms with E-state index in [-0.39, 0.29) is 0 Å². The lowest BCUT2D eigenvalue weighted by molar-refractivity contribution is 0.187. The molecule has 16 heavy (non-hydrogen) atoms. The van der Waals surface area contributed by atoms with Gasteiger partial charge in [-0.3, -0.25) is 0 Å². The Balaban J connectivity index is 1.79. The predicted molar refractivity (Wildman–Crippen MR) is 69.4 cm³/mol. The Morgan fingerprint density at radius 2 is 1.81 bits per heavy atom. The zero-order valence-corrected chi connectivity index (χ0v) is 10.8. The quantitative estimate of drug-likeness (QED) is 0.781. The molecule has 3 atom stereocenters. The highest BCUT2D eigenvalue weighted by molar-refractivity contribution is 4.81. The molecule has 2 N–H and O–H groups in total. The smallest absolute Gasteiger partial charge is 0.00793 e. The van der Waals surface area contributed by atoms with Crippen LogP contribution in [0.4, 0.5) is 0 Å². The van der Waals surface area contributed by atoms with E-state index in [0.29, 0.717) is 6.04 Å². The fourth-order valence-electron chi connectivity index (χ4n) is 3.30. The van der Waals surface area contributed by atoms with E-state index in [0.717, 1.165) is 11.8 Å². The summed E-state index contributed by atoms with van der Waals surface area (Å²) in [6, 6.07) is 0.481. The number of likely N-dealkylation sites (tertiary alicyclic amines) is 1. The molecule has 0 spiro atoms. The first kappa shape index (κ1) is 12.4. The van der Waals surface area contributed by atoms with Gasteiger partial charge in [0.15, 0.2) is 0 Å². The van der Waals surface area contributed by atoms with Gasteiger partial charge in [0.05, 0.1) is 0 Å². The summed E-state index contributed by atoms with van der Waals surface area (Å²) >= 11 is 0. The average Bonchev–Trinajstić information content (AvgIpc) is 2.47. The van der Waals surface area contributed by atoms with Gasteiger partial charge < -0.3 is 10.6 Å². The Morgan fingerprint density at radius 1 is 1.00 bits per heavy atom. The number of hydrogen-bond acceptors (Lipinski definition) is 2. The maximum absolute atomic E-state index is 6.24. The van der Waals surface area contributed by atoms with Gasteiger partial charge in [-0.15, -0.1) is 0 Å². The molecule has 2 nitrogen and oxygen atoms in total. The van der Waals surface area contributed by atoms with E-state index >= 15 is 0 Å². The molecule has 2 aliphatic rings. The van der Waals surface area contributed by atoms with E-state index < -0.39 is 0 Å². The number of nitrogens with two attached hydrogens (primary N) is 1. The molecule has 94 valence electrons. The molecule has 1 saturated heterocycles. The third-order valence-corrected chi connectivity index (χ3v) is 4.57. The Hall–Kier alpha value is -0.0800. The van der Waals surface area contributed by atoms with Gasteiger partial charge in [0.25, 0.3) is 0 Å². The standard InChI is InChI=1S/C14H28N2/c1-12-5-4-9-16(10-8-12)11-13-6-2-3-7-14(13)15/h12-14H,2-11,15H2,1H3. The van der Waals surface area contributed by atoms with Crippen LogP contribution < -0.4 is 5.73 Å². The van der Waals surface area contributed by atoms with Crippen molar-refractivity contribution in [2.45, 2.75) is 57.9 Å². The summed E-state index contributed by atoms with van der Waals surface area (Å²) in [7, 11) is 0. The van der Waals surface area contributed by atoms with Crippen LogP contribution in [0, 0.1) is 11.8 Å². The minimum atomic E-state index is 0.481. The van der Waals surface area contributed by atoms with E-state index in [1.807, 2.05) is 0 Å². The molecule has 2 fully saturated rings. The minimum Gasteiger partial charge on any atom is -0.327 e. The zero-order valence-electron chi connectivity index (χ0n) is 10.8. The van der Waals surface area contributed by atoms with Crippen molar-refractivity contribution >= 4 is 0 Å². The van der Waals surface area contributed by atoms with Crippen LogP contribution in [0.2, 0.25) is 0 Å². The van der Waals surface area contributed by atoms with Crippen molar-refractivity contribution < 1.29 is 0 Å². The van der Waals surface area contributed by atoms with Crippen LogP contribution in [0.15, 0.2) is 0 Å². The minimum absolute atomic E-state index is 0.481. The summed E-state index contributed by atoms with van der Waals surface area (Å²) in [6.07, 6.45) is 9.59. The second-order valence-electron chi connectivity index (χ2n) is 6.05. The topological polar surface area (TPSA) is 29.3 Å². The van der Waals surface area contributed by atoms with Crippen LogP contribution in [0.25, 0.3) is 0 Å². The van der Waals surface area contributed by atoms with E-state index in [1.165, 1.54) is 64.6 Å². The van der Waals surface area contributed by atoms with Crippen LogP contribution >= 0.6 is 0 Å². The van der Waals surface area contributed by atoms with Crippen LogP contribution in [0.1, 0.15) is 51.9 Å². The molecule has 0 amide bonds. The van der Waals surface area contributed by atoms with Gasteiger partial charge in [-0.05, 0) is 57.0 Å². The van der Waals surface area contributed by atoms with Gasteiger partial charge in [0, 0.05) is 12.6 Å². The maximum Gasteiger partial charge on any atom is 0.00793 e.